The fourth-order valence-electron chi connectivity index (χ4n) is 7.98. The third kappa shape index (κ3) is 8.28. The molecule has 214 valence electrons. The van der Waals surface area contributed by atoms with Gasteiger partial charge in [0.05, 0.1) is 0 Å². The van der Waals surface area contributed by atoms with Gasteiger partial charge >= 0.3 is 0 Å². The van der Waals surface area contributed by atoms with E-state index in [0.717, 1.165) is 22.6 Å². The fourth-order valence-corrected chi connectivity index (χ4v) is 16.3. The van der Waals surface area contributed by atoms with E-state index < -0.39 is 0 Å². The maximum Gasteiger partial charge on any atom is 0 e. The standard InChI is InChI=1S/C29H47P2.C5H5.Ni/c1-5-14-24(15-6-1)30(25-16-7-2-8-17-25)28-22-13-23-29(28)31(26-18-9-3-10-19-26)27-20-11-4-12-21-27;1-2-4-5-3-1;/h13,22-27H,1-12,14-21H2;1-5H;/q-1;-5;. The maximum atomic E-state index is 2.69. The Morgan fingerprint density at radius 3 is 1.24 bits per heavy atom. The Morgan fingerprint density at radius 2 is 0.865 bits per heavy atom. The van der Waals surface area contributed by atoms with Crippen LogP contribution in [-0.2, 0) is 16.5 Å². The van der Waals surface area contributed by atoms with Crippen LogP contribution in [0.2, 0.25) is 0 Å². The van der Waals surface area contributed by atoms with E-state index in [-0.39, 0.29) is 32.3 Å². The zero-order valence-corrected chi connectivity index (χ0v) is 26.1. The summed E-state index contributed by atoms with van der Waals surface area (Å²) in [6, 6.07) is 17.9. The zero-order valence-electron chi connectivity index (χ0n) is 23.3. The van der Waals surface area contributed by atoms with Crippen LogP contribution in [0.4, 0.5) is 0 Å². The smallest absolute Gasteiger partial charge is 0 e. The summed E-state index contributed by atoms with van der Waals surface area (Å²) in [5, 5.41) is 3.94. The van der Waals surface area contributed by atoms with Crippen molar-refractivity contribution >= 4 is 26.5 Å². The normalized spacial score (nSPS) is 23.0. The van der Waals surface area contributed by atoms with Crippen LogP contribution < -0.4 is 10.6 Å². The van der Waals surface area contributed by atoms with Crippen molar-refractivity contribution < 1.29 is 16.5 Å². The Balaban J connectivity index is 0.000000479. The molecule has 2 aromatic carbocycles. The van der Waals surface area contributed by atoms with Gasteiger partial charge < -0.3 is 30.3 Å². The number of hydrogen-bond donors (Lipinski definition) is 0. The van der Waals surface area contributed by atoms with Gasteiger partial charge in [-0.3, -0.25) is 0 Å². The molecule has 2 aromatic rings. The van der Waals surface area contributed by atoms with Gasteiger partial charge in [-0.05, 0) is 74.0 Å². The zero-order chi connectivity index (χ0) is 24.4. The SMILES string of the molecule is [Ni].[cH-]1[cH-][cH-][cH-][cH-]1.c1cc(P(C2CCCCC2)C2CCCCC2)[c-](P(C2CCCCC2)C2CCCCC2)c1. The molecule has 4 fully saturated rings. The molecule has 4 aliphatic carbocycles. The largest absolute Gasteiger partial charge is 0.748 e. The van der Waals surface area contributed by atoms with Crippen LogP contribution in [0.15, 0.2) is 48.5 Å². The van der Waals surface area contributed by atoms with Crippen LogP contribution in [0.1, 0.15) is 128 Å². The van der Waals surface area contributed by atoms with E-state index in [2.05, 4.69) is 18.2 Å². The first-order valence-corrected chi connectivity index (χ1v) is 18.9. The molecule has 3 heteroatoms. The van der Waals surface area contributed by atoms with Gasteiger partial charge in [-0.2, -0.15) is 6.07 Å². The van der Waals surface area contributed by atoms with Crippen LogP contribution >= 0.6 is 15.8 Å². The minimum atomic E-state index is 0. The van der Waals surface area contributed by atoms with Crippen LogP contribution in [0.3, 0.4) is 0 Å². The summed E-state index contributed by atoms with van der Waals surface area (Å²) < 4.78 is 0. The molecule has 0 spiro atoms. The molecular weight excluding hydrogens is 529 g/mol. The molecule has 0 aliphatic heterocycles. The van der Waals surface area contributed by atoms with E-state index in [0.29, 0.717) is 0 Å². The monoisotopic (exact) mass is 580 g/mol. The Hall–Kier alpha value is 0.0535. The molecule has 6 rings (SSSR count). The molecule has 0 radical (unpaired) electrons. The molecule has 0 aromatic heterocycles. The molecule has 0 heterocycles. The molecule has 0 atom stereocenters. The summed E-state index contributed by atoms with van der Waals surface area (Å²) in [7, 11) is 0.132. The van der Waals surface area contributed by atoms with Gasteiger partial charge in [-0.25, -0.2) is 12.1 Å². The minimum absolute atomic E-state index is 0. The molecule has 0 amide bonds. The van der Waals surface area contributed by atoms with Gasteiger partial charge in [0.15, 0.2) is 0 Å². The van der Waals surface area contributed by atoms with Gasteiger partial charge in [0.2, 0.25) is 0 Å². The first-order chi connectivity index (χ1) is 17.9. The topological polar surface area (TPSA) is 0 Å². The van der Waals surface area contributed by atoms with Crippen molar-refractivity contribution in [2.45, 2.75) is 151 Å². The molecule has 4 saturated carbocycles. The summed E-state index contributed by atoms with van der Waals surface area (Å²) in [4.78, 5) is 0. The van der Waals surface area contributed by atoms with E-state index in [1.54, 1.807) is 51.4 Å². The average Bonchev–Trinajstić information content (AvgIpc) is 3.68. The van der Waals surface area contributed by atoms with Crippen molar-refractivity contribution in [2.24, 2.45) is 0 Å². The van der Waals surface area contributed by atoms with Crippen molar-refractivity contribution in [3.8, 4) is 0 Å². The third-order valence-electron chi connectivity index (χ3n) is 9.75. The predicted octanol–water partition coefficient (Wildman–Crippen LogP) is 10.4. The van der Waals surface area contributed by atoms with E-state index in [4.69, 9.17) is 0 Å². The van der Waals surface area contributed by atoms with Gasteiger partial charge in [-0.1, -0.05) is 85.0 Å². The second-order valence-corrected chi connectivity index (χ2v) is 17.8. The van der Waals surface area contributed by atoms with Crippen LogP contribution in [-0.4, -0.2) is 22.6 Å². The van der Waals surface area contributed by atoms with E-state index in [1.165, 1.54) is 77.0 Å². The first-order valence-electron chi connectivity index (χ1n) is 15.9. The Morgan fingerprint density at radius 1 is 0.514 bits per heavy atom. The van der Waals surface area contributed by atoms with Gasteiger partial charge in [0.25, 0.3) is 0 Å². The van der Waals surface area contributed by atoms with Crippen molar-refractivity contribution in [1.82, 2.24) is 0 Å². The Labute approximate surface area is 241 Å². The van der Waals surface area contributed by atoms with E-state index >= 15 is 0 Å². The molecule has 0 nitrogen and oxygen atoms in total. The maximum absolute atomic E-state index is 2.69. The average molecular weight is 581 g/mol. The van der Waals surface area contributed by atoms with Gasteiger partial charge in [-0.15, -0.1) is 18.5 Å². The van der Waals surface area contributed by atoms with E-state index in [1.807, 2.05) is 40.9 Å². The minimum Gasteiger partial charge on any atom is -0.748 e. The molecule has 0 saturated heterocycles. The summed E-state index contributed by atoms with van der Waals surface area (Å²) >= 11 is 0. The fraction of sp³-hybridized carbons (Fsp3) is 0.706. The third-order valence-corrected chi connectivity index (χ3v) is 17.0. The number of rotatable bonds is 6. The molecular formula is C34H52NiP2-6. The van der Waals surface area contributed by atoms with E-state index in [9.17, 15) is 0 Å². The van der Waals surface area contributed by atoms with Crippen molar-refractivity contribution in [1.29, 1.82) is 0 Å². The van der Waals surface area contributed by atoms with Crippen molar-refractivity contribution in [3.63, 3.8) is 0 Å². The van der Waals surface area contributed by atoms with Gasteiger partial charge in [0.1, 0.15) is 0 Å². The quantitative estimate of drug-likeness (QED) is 0.181. The van der Waals surface area contributed by atoms with Gasteiger partial charge in [0, 0.05) is 16.5 Å². The van der Waals surface area contributed by atoms with Crippen molar-refractivity contribution in [2.75, 3.05) is 0 Å². The summed E-state index contributed by atoms with van der Waals surface area (Å²) in [5.74, 6) is 0. The second kappa shape index (κ2) is 16.3. The summed E-state index contributed by atoms with van der Waals surface area (Å²) in [5.41, 5.74) is 4.23. The molecule has 4 aliphatic rings. The molecule has 0 bridgehead atoms. The molecule has 0 unspecified atom stereocenters. The van der Waals surface area contributed by atoms with Crippen LogP contribution in [0.5, 0.6) is 0 Å². The molecule has 37 heavy (non-hydrogen) atoms. The second-order valence-electron chi connectivity index (χ2n) is 12.2. The predicted molar refractivity (Wildman–Crippen MR) is 165 cm³/mol. The van der Waals surface area contributed by atoms with Crippen LogP contribution in [0.25, 0.3) is 0 Å². The summed E-state index contributed by atoms with van der Waals surface area (Å²) in [6.45, 7) is 0. The Kier molecular flexibility index (Phi) is 13.3. The summed E-state index contributed by atoms with van der Waals surface area (Å²) in [6.07, 6.45) is 30.6. The number of hydrogen-bond acceptors (Lipinski definition) is 0. The molecule has 0 N–H and O–H groups in total. The Bertz CT molecular complexity index is 710. The van der Waals surface area contributed by atoms with Crippen molar-refractivity contribution in [3.05, 3.63) is 48.5 Å². The first kappa shape index (κ1) is 30.0. The van der Waals surface area contributed by atoms with Crippen LogP contribution in [0, 0.1) is 0 Å².